The number of nitrogens with zero attached hydrogens (tertiary/aromatic N) is 4. The second-order valence-electron chi connectivity index (χ2n) is 8.44. The van der Waals surface area contributed by atoms with Gasteiger partial charge in [-0.3, -0.25) is 4.79 Å². The SMILES string of the molecule is Cc1cccc(-c2nn(-c3ccccc3)cc2C(=O)NCc2ccc(N3CCCC3)nc2)c1. The number of amides is 1. The Kier molecular flexibility index (Phi) is 5.89. The predicted molar refractivity (Wildman–Crippen MR) is 131 cm³/mol. The molecule has 6 nitrogen and oxygen atoms in total. The number of carbonyl (C=O) groups excluding carboxylic acids is 1. The quantitative estimate of drug-likeness (QED) is 0.472. The summed E-state index contributed by atoms with van der Waals surface area (Å²) in [5.41, 5.74) is 5.14. The van der Waals surface area contributed by atoms with Crippen molar-refractivity contribution in [3.8, 4) is 16.9 Å². The summed E-state index contributed by atoms with van der Waals surface area (Å²) in [6.45, 7) is 4.58. The fourth-order valence-corrected chi connectivity index (χ4v) is 4.19. The van der Waals surface area contributed by atoms with Gasteiger partial charge in [0.2, 0.25) is 0 Å². The van der Waals surface area contributed by atoms with Crippen LogP contribution in [0.5, 0.6) is 0 Å². The molecule has 3 heterocycles. The van der Waals surface area contributed by atoms with Crippen LogP contribution < -0.4 is 10.2 Å². The van der Waals surface area contributed by atoms with Crippen molar-refractivity contribution in [2.75, 3.05) is 18.0 Å². The average Bonchev–Trinajstić information content (AvgIpc) is 3.54. The number of carbonyl (C=O) groups is 1. The van der Waals surface area contributed by atoms with E-state index in [2.05, 4.69) is 21.3 Å². The van der Waals surface area contributed by atoms with Gasteiger partial charge in [-0.25, -0.2) is 9.67 Å². The molecule has 0 bridgehead atoms. The van der Waals surface area contributed by atoms with Crippen LogP contribution in [-0.2, 0) is 6.54 Å². The third-order valence-electron chi connectivity index (χ3n) is 5.96. The third kappa shape index (κ3) is 4.65. The molecule has 0 unspecified atom stereocenters. The molecule has 2 aromatic carbocycles. The van der Waals surface area contributed by atoms with Crippen molar-refractivity contribution < 1.29 is 4.79 Å². The third-order valence-corrected chi connectivity index (χ3v) is 5.96. The zero-order valence-electron chi connectivity index (χ0n) is 18.7. The molecule has 1 aliphatic rings. The maximum Gasteiger partial charge on any atom is 0.255 e. The number of nitrogens with one attached hydrogen (secondary N) is 1. The zero-order valence-corrected chi connectivity index (χ0v) is 18.7. The van der Waals surface area contributed by atoms with E-state index in [1.54, 1.807) is 10.9 Å². The molecular formula is C27H27N5O. The van der Waals surface area contributed by atoms with Gasteiger partial charge in [0.25, 0.3) is 5.91 Å². The number of hydrogen-bond acceptors (Lipinski definition) is 4. The number of rotatable bonds is 6. The van der Waals surface area contributed by atoms with Gasteiger partial charge in [-0.05, 0) is 49.6 Å². The van der Waals surface area contributed by atoms with Gasteiger partial charge in [0.1, 0.15) is 11.5 Å². The molecule has 5 rings (SSSR count). The van der Waals surface area contributed by atoms with Crippen LogP contribution in [0.15, 0.2) is 79.1 Å². The van der Waals surface area contributed by atoms with E-state index in [0.29, 0.717) is 17.8 Å². The van der Waals surface area contributed by atoms with Crippen molar-refractivity contribution in [2.45, 2.75) is 26.3 Å². The summed E-state index contributed by atoms with van der Waals surface area (Å²) in [5, 5.41) is 7.81. The summed E-state index contributed by atoms with van der Waals surface area (Å²) in [6, 6.07) is 22.0. The first kappa shape index (κ1) is 20.9. The smallest absolute Gasteiger partial charge is 0.255 e. The molecule has 1 fully saturated rings. The largest absolute Gasteiger partial charge is 0.357 e. The molecule has 1 amide bonds. The van der Waals surface area contributed by atoms with Crippen molar-refractivity contribution in [3.63, 3.8) is 0 Å². The molecule has 0 saturated carbocycles. The Morgan fingerprint density at radius 1 is 1.00 bits per heavy atom. The Labute approximate surface area is 193 Å². The van der Waals surface area contributed by atoms with E-state index in [1.165, 1.54) is 12.8 Å². The second kappa shape index (κ2) is 9.28. The number of aromatic nitrogens is 3. The summed E-state index contributed by atoms with van der Waals surface area (Å²) in [7, 11) is 0. The lowest BCUT2D eigenvalue weighted by molar-refractivity contribution is 0.0951. The minimum Gasteiger partial charge on any atom is -0.357 e. The standard InChI is InChI=1S/C27H27N5O/c1-20-8-7-9-22(16-20)26-24(19-32(30-26)23-10-3-2-4-11-23)27(33)29-18-21-12-13-25(28-17-21)31-14-5-6-15-31/h2-4,7-13,16-17,19H,5-6,14-15,18H2,1H3,(H,29,33). The fourth-order valence-electron chi connectivity index (χ4n) is 4.19. The number of aryl methyl sites for hydroxylation is 1. The summed E-state index contributed by atoms with van der Waals surface area (Å²) < 4.78 is 1.76. The van der Waals surface area contributed by atoms with Gasteiger partial charge in [0, 0.05) is 37.6 Å². The van der Waals surface area contributed by atoms with Crippen molar-refractivity contribution in [1.82, 2.24) is 20.1 Å². The Balaban J connectivity index is 1.38. The Bertz CT molecular complexity index is 1240. The van der Waals surface area contributed by atoms with Gasteiger partial charge in [0.15, 0.2) is 0 Å². The van der Waals surface area contributed by atoms with Gasteiger partial charge in [-0.15, -0.1) is 0 Å². The van der Waals surface area contributed by atoms with E-state index in [-0.39, 0.29) is 5.91 Å². The van der Waals surface area contributed by atoms with Crippen LogP contribution in [-0.4, -0.2) is 33.8 Å². The second-order valence-corrected chi connectivity index (χ2v) is 8.44. The average molecular weight is 438 g/mol. The molecule has 1 N–H and O–H groups in total. The van der Waals surface area contributed by atoms with Crippen LogP contribution in [0, 0.1) is 6.92 Å². The molecule has 6 heteroatoms. The highest BCUT2D eigenvalue weighted by molar-refractivity contribution is 6.00. The lowest BCUT2D eigenvalue weighted by Crippen LogP contribution is -2.23. The van der Waals surface area contributed by atoms with Crippen LogP contribution >= 0.6 is 0 Å². The Morgan fingerprint density at radius 2 is 1.82 bits per heavy atom. The molecule has 4 aromatic rings. The summed E-state index contributed by atoms with van der Waals surface area (Å²) >= 11 is 0. The number of hydrogen-bond donors (Lipinski definition) is 1. The van der Waals surface area contributed by atoms with E-state index in [4.69, 9.17) is 5.10 Å². The normalized spacial score (nSPS) is 13.3. The molecule has 33 heavy (non-hydrogen) atoms. The van der Waals surface area contributed by atoms with Gasteiger partial charge in [-0.2, -0.15) is 5.10 Å². The number of pyridine rings is 1. The maximum absolute atomic E-state index is 13.2. The van der Waals surface area contributed by atoms with Crippen molar-refractivity contribution >= 4 is 11.7 Å². The number of benzene rings is 2. The molecule has 1 aliphatic heterocycles. The van der Waals surface area contributed by atoms with E-state index in [9.17, 15) is 4.79 Å². The van der Waals surface area contributed by atoms with Crippen LogP contribution in [0.25, 0.3) is 16.9 Å². The van der Waals surface area contributed by atoms with E-state index >= 15 is 0 Å². The molecule has 0 radical (unpaired) electrons. The molecule has 166 valence electrons. The topological polar surface area (TPSA) is 63.1 Å². The summed E-state index contributed by atoms with van der Waals surface area (Å²) in [6.07, 6.45) is 6.10. The summed E-state index contributed by atoms with van der Waals surface area (Å²) in [5.74, 6) is 0.853. The van der Waals surface area contributed by atoms with Gasteiger partial charge >= 0.3 is 0 Å². The number of para-hydroxylation sites is 1. The Morgan fingerprint density at radius 3 is 2.55 bits per heavy atom. The van der Waals surface area contributed by atoms with Crippen LogP contribution in [0.3, 0.4) is 0 Å². The van der Waals surface area contributed by atoms with Gasteiger partial charge < -0.3 is 10.2 Å². The first-order valence-corrected chi connectivity index (χ1v) is 11.4. The molecule has 0 atom stereocenters. The van der Waals surface area contributed by atoms with Gasteiger partial charge in [-0.1, -0.05) is 48.0 Å². The van der Waals surface area contributed by atoms with Crippen LogP contribution in [0.4, 0.5) is 5.82 Å². The zero-order chi connectivity index (χ0) is 22.6. The van der Waals surface area contributed by atoms with Gasteiger partial charge in [0.05, 0.1) is 11.3 Å². The first-order chi connectivity index (χ1) is 16.2. The lowest BCUT2D eigenvalue weighted by Gasteiger charge is -2.16. The van der Waals surface area contributed by atoms with Crippen molar-refractivity contribution in [1.29, 1.82) is 0 Å². The fraction of sp³-hybridized carbons (Fsp3) is 0.222. The monoisotopic (exact) mass is 437 g/mol. The van der Waals surface area contributed by atoms with Crippen LogP contribution in [0.2, 0.25) is 0 Å². The summed E-state index contributed by atoms with van der Waals surface area (Å²) in [4.78, 5) is 20.1. The Hall–Kier alpha value is -3.93. The number of anilines is 1. The molecular weight excluding hydrogens is 410 g/mol. The minimum absolute atomic E-state index is 0.155. The minimum atomic E-state index is -0.155. The highest BCUT2D eigenvalue weighted by atomic mass is 16.1. The molecule has 0 spiro atoms. The maximum atomic E-state index is 13.2. The highest BCUT2D eigenvalue weighted by Crippen LogP contribution is 2.25. The van der Waals surface area contributed by atoms with E-state index in [0.717, 1.165) is 41.3 Å². The molecule has 1 saturated heterocycles. The van der Waals surface area contributed by atoms with E-state index in [1.807, 2.05) is 73.8 Å². The predicted octanol–water partition coefficient (Wildman–Crippen LogP) is 4.77. The van der Waals surface area contributed by atoms with Crippen molar-refractivity contribution in [2.24, 2.45) is 0 Å². The molecule has 0 aliphatic carbocycles. The van der Waals surface area contributed by atoms with E-state index < -0.39 is 0 Å². The molecule has 2 aromatic heterocycles. The lowest BCUT2D eigenvalue weighted by atomic mass is 10.1. The highest BCUT2D eigenvalue weighted by Gasteiger charge is 2.19. The van der Waals surface area contributed by atoms with Crippen molar-refractivity contribution in [3.05, 3.63) is 95.8 Å². The van der Waals surface area contributed by atoms with Crippen LogP contribution in [0.1, 0.15) is 34.3 Å². The first-order valence-electron chi connectivity index (χ1n) is 11.4.